The SMILES string of the molecule is O=CC1CCCOCCOCCC1. The van der Waals surface area contributed by atoms with Crippen molar-refractivity contribution in [2.24, 2.45) is 5.92 Å². The molecule has 0 amide bonds. The van der Waals surface area contributed by atoms with E-state index in [9.17, 15) is 4.79 Å². The van der Waals surface area contributed by atoms with Crippen LogP contribution in [0.25, 0.3) is 0 Å². The van der Waals surface area contributed by atoms with Gasteiger partial charge in [-0.05, 0) is 25.7 Å². The molecule has 76 valence electrons. The summed E-state index contributed by atoms with van der Waals surface area (Å²) in [7, 11) is 0. The average molecular weight is 186 g/mol. The van der Waals surface area contributed by atoms with Gasteiger partial charge < -0.3 is 14.3 Å². The lowest BCUT2D eigenvalue weighted by Gasteiger charge is -2.07. The molecule has 1 rings (SSSR count). The zero-order valence-corrected chi connectivity index (χ0v) is 8.04. The maximum absolute atomic E-state index is 10.6. The molecule has 1 fully saturated rings. The van der Waals surface area contributed by atoms with Crippen LogP contribution in [-0.2, 0) is 14.3 Å². The van der Waals surface area contributed by atoms with Gasteiger partial charge in [-0.3, -0.25) is 0 Å². The number of carbonyl (C=O) groups is 1. The summed E-state index contributed by atoms with van der Waals surface area (Å²) in [6.45, 7) is 2.89. The fourth-order valence-electron chi connectivity index (χ4n) is 1.50. The normalized spacial score (nSPS) is 23.4. The second-order valence-corrected chi connectivity index (χ2v) is 3.41. The van der Waals surface area contributed by atoms with Crippen molar-refractivity contribution in [1.29, 1.82) is 0 Å². The van der Waals surface area contributed by atoms with Gasteiger partial charge in [0.15, 0.2) is 0 Å². The van der Waals surface area contributed by atoms with Crippen molar-refractivity contribution in [3.63, 3.8) is 0 Å². The molecule has 3 nitrogen and oxygen atoms in total. The van der Waals surface area contributed by atoms with E-state index in [0.717, 1.165) is 45.2 Å². The summed E-state index contributed by atoms with van der Waals surface area (Å²) in [5.41, 5.74) is 0. The van der Waals surface area contributed by atoms with Crippen LogP contribution in [0.1, 0.15) is 25.7 Å². The Kier molecular flexibility index (Phi) is 5.78. The van der Waals surface area contributed by atoms with Crippen LogP contribution in [0.2, 0.25) is 0 Å². The van der Waals surface area contributed by atoms with Crippen molar-refractivity contribution in [1.82, 2.24) is 0 Å². The van der Waals surface area contributed by atoms with E-state index in [-0.39, 0.29) is 5.92 Å². The number of ether oxygens (including phenoxy) is 2. The van der Waals surface area contributed by atoms with Gasteiger partial charge in [0.1, 0.15) is 6.29 Å². The zero-order chi connectivity index (χ0) is 9.36. The molecule has 0 aromatic rings. The molecule has 0 spiro atoms. The zero-order valence-electron chi connectivity index (χ0n) is 8.04. The Morgan fingerprint density at radius 3 is 1.92 bits per heavy atom. The van der Waals surface area contributed by atoms with Gasteiger partial charge in [-0.1, -0.05) is 0 Å². The second kappa shape index (κ2) is 7.04. The van der Waals surface area contributed by atoms with E-state index in [1.165, 1.54) is 0 Å². The first-order chi connectivity index (χ1) is 6.43. The first-order valence-corrected chi connectivity index (χ1v) is 5.04. The van der Waals surface area contributed by atoms with Crippen LogP contribution in [0.15, 0.2) is 0 Å². The molecule has 1 aliphatic rings. The maximum Gasteiger partial charge on any atom is 0.123 e. The fourth-order valence-corrected chi connectivity index (χ4v) is 1.50. The summed E-state index contributed by atoms with van der Waals surface area (Å²) < 4.78 is 10.6. The Morgan fingerprint density at radius 1 is 0.923 bits per heavy atom. The molecule has 0 atom stereocenters. The molecule has 1 saturated heterocycles. The summed E-state index contributed by atoms with van der Waals surface area (Å²) >= 11 is 0. The summed E-state index contributed by atoms with van der Waals surface area (Å²) in [6, 6.07) is 0. The lowest BCUT2D eigenvalue weighted by Crippen LogP contribution is -2.04. The fraction of sp³-hybridized carbons (Fsp3) is 0.900. The smallest absolute Gasteiger partial charge is 0.123 e. The largest absolute Gasteiger partial charge is 0.379 e. The Hall–Kier alpha value is -0.410. The summed E-state index contributed by atoms with van der Waals surface area (Å²) in [5.74, 6) is 0.213. The van der Waals surface area contributed by atoms with Crippen molar-refractivity contribution in [2.75, 3.05) is 26.4 Å². The molecular weight excluding hydrogens is 168 g/mol. The molecule has 0 aromatic carbocycles. The predicted molar refractivity (Wildman–Crippen MR) is 49.7 cm³/mol. The highest BCUT2D eigenvalue weighted by Crippen LogP contribution is 2.11. The van der Waals surface area contributed by atoms with Crippen LogP contribution < -0.4 is 0 Å². The van der Waals surface area contributed by atoms with Crippen molar-refractivity contribution in [2.45, 2.75) is 25.7 Å². The number of hydrogen-bond acceptors (Lipinski definition) is 3. The molecule has 0 unspecified atom stereocenters. The molecule has 13 heavy (non-hydrogen) atoms. The number of carbonyl (C=O) groups excluding carboxylic acids is 1. The van der Waals surface area contributed by atoms with Gasteiger partial charge in [-0.25, -0.2) is 0 Å². The van der Waals surface area contributed by atoms with Gasteiger partial charge in [0.2, 0.25) is 0 Å². The van der Waals surface area contributed by atoms with Crippen LogP contribution in [0.3, 0.4) is 0 Å². The highest BCUT2D eigenvalue weighted by Gasteiger charge is 2.07. The van der Waals surface area contributed by atoms with Crippen molar-refractivity contribution < 1.29 is 14.3 Å². The third-order valence-electron chi connectivity index (χ3n) is 2.29. The van der Waals surface area contributed by atoms with Gasteiger partial charge in [0.05, 0.1) is 13.2 Å². The van der Waals surface area contributed by atoms with Crippen LogP contribution in [-0.4, -0.2) is 32.7 Å². The van der Waals surface area contributed by atoms with E-state index >= 15 is 0 Å². The topological polar surface area (TPSA) is 35.5 Å². The third-order valence-corrected chi connectivity index (χ3v) is 2.29. The molecule has 0 saturated carbocycles. The Balaban J connectivity index is 2.22. The molecule has 3 heteroatoms. The predicted octanol–water partition coefficient (Wildman–Crippen LogP) is 1.41. The Bertz CT molecular complexity index is 124. The van der Waals surface area contributed by atoms with Crippen LogP contribution in [0, 0.1) is 5.92 Å². The van der Waals surface area contributed by atoms with E-state index in [4.69, 9.17) is 9.47 Å². The maximum atomic E-state index is 10.6. The monoisotopic (exact) mass is 186 g/mol. The first-order valence-electron chi connectivity index (χ1n) is 5.04. The summed E-state index contributed by atoms with van der Waals surface area (Å²) in [6.07, 6.45) is 4.97. The molecule has 0 aromatic heterocycles. The minimum Gasteiger partial charge on any atom is -0.379 e. The summed E-state index contributed by atoms with van der Waals surface area (Å²) in [4.78, 5) is 10.6. The van der Waals surface area contributed by atoms with Gasteiger partial charge >= 0.3 is 0 Å². The minimum absolute atomic E-state index is 0.213. The van der Waals surface area contributed by atoms with Crippen molar-refractivity contribution in [3.8, 4) is 0 Å². The van der Waals surface area contributed by atoms with E-state index in [2.05, 4.69) is 0 Å². The third kappa shape index (κ3) is 5.01. The van der Waals surface area contributed by atoms with E-state index in [1.807, 2.05) is 0 Å². The number of rotatable bonds is 1. The quantitative estimate of drug-likeness (QED) is 0.581. The summed E-state index contributed by atoms with van der Waals surface area (Å²) in [5, 5.41) is 0. The van der Waals surface area contributed by atoms with Gasteiger partial charge in [0, 0.05) is 19.1 Å². The lowest BCUT2D eigenvalue weighted by molar-refractivity contribution is -0.111. The van der Waals surface area contributed by atoms with E-state index in [0.29, 0.717) is 13.2 Å². The standard InChI is InChI=1S/C10H18O3/c11-9-10-3-1-5-12-7-8-13-6-2-4-10/h9-10H,1-8H2. The number of aldehydes is 1. The Morgan fingerprint density at radius 2 is 1.46 bits per heavy atom. The van der Waals surface area contributed by atoms with Crippen LogP contribution in [0.5, 0.6) is 0 Å². The number of hydrogen-bond donors (Lipinski definition) is 0. The first kappa shape index (κ1) is 10.7. The van der Waals surface area contributed by atoms with Gasteiger partial charge in [-0.2, -0.15) is 0 Å². The molecule has 1 aliphatic heterocycles. The van der Waals surface area contributed by atoms with Gasteiger partial charge in [0.25, 0.3) is 0 Å². The molecular formula is C10H18O3. The van der Waals surface area contributed by atoms with E-state index in [1.54, 1.807) is 0 Å². The highest BCUT2D eigenvalue weighted by atomic mass is 16.5. The molecule has 0 N–H and O–H groups in total. The molecule has 0 bridgehead atoms. The molecule has 0 aliphatic carbocycles. The lowest BCUT2D eigenvalue weighted by atomic mass is 10.00. The average Bonchev–Trinajstić information content (AvgIpc) is 2.22. The highest BCUT2D eigenvalue weighted by molar-refractivity contribution is 5.53. The second-order valence-electron chi connectivity index (χ2n) is 3.41. The van der Waals surface area contributed by atoms with Gasteiger partial charge in [-0.15, -0.1) is 0 Å². The van der Waals surface area contributed by atoms with Crippen molar-refractivity contribution in [3.05, 3.63) is 0 Å². The van der Waals surface area contributed by atoms with Crippen LogP contribution >= 0.6 is 0 Å². The van der Waals surface area contributed by atoms with Crippen LogP contribution in [0.4, 0.5) is 0 Å². The Labute approximate surface area is 79.4 Å². The molecule has 0 radical (unpaired) electrons. The van der Waals surface area contributed by atoms with E-state index < -0.39 is 0 Å². The molecule has 1 heterocycles. The minimum atomic E-state index is 0.213. The van der Waals surface area contributed by atoms with Crippen molar-refractivity contribution >= 4 is 6.29 Å².